The maximum Gasteiger partial charge on any atom is 0.0978 e. The highest BCUT2D eigenvalue weighted by Gasteiger charge is 1.89. The number of hydrogen-bond acceptors (Lipinski definition) is 2. The molecule has 8 heavy (non-hydrogen) atoms. The minimum atomic E-state index is 0.649. The van der Waals surface area contributed by atoms with Crippen molar-refractivity contribution in [2.45, 2.75) is 6.54 Å². The van der Waals surface area contributed by atoms with Crippen LogP contribution in [0.2, 0.25) is 0 Å². The van der Waals surface area contributed by atoms with E-state index in [-0.39, 0.29) is 0 Å². The van der Waals surface area contributed by atoms with E-state index in [0.717, 1.165) is 5.69 Å². The van der Waals surface area contributed by atoms with E-state index in [9.17, 15) is 0 Å². The monoisotopic (exact) mass is 111 g/mol. The quantitative estimate of drug-likeness (QED) is 0.561. The van der Waals surface area contributed by atoms with Gasteiger partial charge >= 0.3 is 0 Å². The van der Waals surface area contributed by atoms with Crippen LogP contribution in [0.1, 0.15) is 5.69 Å². The van der Waals surface area contributed by atoms with Gasteiger partial charge in [0, 0.05) is 13.2 Å². The predicted octanol–water partition coefficient (Wildman–Crippen LogP) is -0.461. The molecule has 43 valence electrons. The summed E-state index contributed by atoms with van der Waals surface area (Å²) >= 11 is 0. The van der Waals surface area contributed by atoms with Crippen LogP contribution < -0.4 is 5.32 Å². The number of aromatic nitrogens is 3. The molecule has 0 aromatic carbocycles. The van der Waals surface area contributed by atoms with E-state index in [1.54, 1.807) is 13.2 Å². The van der Waals surface area contributed by atoms with E-state index in [1.165, 1.54) is 0 Å². The summed E-state index contributed by atoms with van der Waals surface area (Å²) in [7, 11) is 1.74. The summed E-state index contributed by atoms with van der Waals surface area (Å²) in [4.78, 5) is 0. The largest absolute Gasteiger partial charge is 0.265 e. The van der Waals surface area contributed by atoms with Crippen LogP contribution in [0.5, 0.6) is 0 Å². The van der Waals surface area contributed by atoms with Crippen LogP contribution in [-0.4, -0.2) is 22.5 Å². The third-order valence-electron chi connectivity index (χ3n) is 0.787. The average molecular weight is 111 g/mol. The van der Waals surface area contributed by atoms with Gasteiger partial charge in [-0.15, -0.1) is 5.10 Å². The SMILES string of the molecule is C[N]Cc1c[nH]nn1. The minimum absolute atomic E-state index is 0.649. The van der Waals surface area contributed by atoms with Crippen molar-refractivity contribution in [1.29, 1.82) is 0 Å². The molecule has 0 aliphatic carbocycles. The van der Waals surface area contributed by atoms with Gasteiger partial charge in [-0.25, -0.2) is 5.32 Å². The van der Waals surface area contributed by atoms with Crippen molar-refractivity contribution < 1.29 is 0 Å². The molecule has 1 heterocycles. The van der Waals surface area contributed by atoms with E-state index in [4.69, 9.17) is 0 Å². The molecule has 0 amide bonds. The van der Waals surface area contributed by atoms with Gasteiger partial charge < -0.3 is 0 Å². The highest BCUT2D eigenvalue weighted by Crippen LogP contribution is 1.84. The third kappa shape index (κ3) is 1.04. The van der Waals surface area contributed by atoms with Crippen molar-refractivity contribution in [3.63, 3.8) is 0 Å². The Bertz CT molecular complexity index is 134. The first-order valence-corrected chi connectivity index (χ1v) is 2.34. The topological polar surface area (TPSA) is 55.7 Å². The smallest absolute Gasteiger partial charge is 0.0978 e. The van der Waals surface area contributed by atoms with E-state index < -0.39 is 0 Å². The van der Waals surface area contributed by atoms with Crippen LogP contribution in [-0.2, 0) is 6.54 Å². The zero-order valence-corrected chi connectivity index (χ0v) is 4.63. The van der Waals surface area contributed by atoms with Crippen molar-refractivity contribution in [2.75, 3.05) is 7.05 Å². The van der Waals surface area contributed by atoms with Crippen LogP contribution in [0.15, 0.2) is 6.20 Å². The van der Waals surface area contributed by atoms with E-state index >= 15 is 0 Å². The normalized spacial score (nSPS) is 9.62. The second-order valence-corrected chi connectivity index (χ2v) is 1.44. The second-order valence-electron chi connectivity index (χ2n) is 1.44. The standard InChI is InChI=1S/C4H7N4/c1-5-2-4-3-6-8-7-4/h3H,2H2,1H3,(H,6,7,8). The molecule has 1 radical (unpaired) electrons. The van der Waals surface area contributed by atoms with Crippen molar-refractivity contribution in [1.82, 2.24) is 20.7 Å². The van der Waals surface area contributed by atoms with Crippen molar-refractivity contribution in [3.8, 4) is 0 Å². The molecule has 0 fully saturated rings. The summed E-state index contributed by atoms with van der Waals surface area (Å²) in [5.74, 6) is 0. The number of hydrogen-bond donors (Lipinski definition) is 1. The Balaban J connectivity index is 2.50. The fourth-order valence-electron chi connectivity index (χ4n) is 0.465. The van der Waals surface area contributed by atoms with Gasteiger partial charge in [-0.3, -0.25) is 5.10 Å². The van der Waals surface area contributed by atoms with Crippen LogP contribution in [0, 0.1) is 0 Å². The van der Waals surface area contributed by atoms with Crippen molar-refractivity contribution >= 4 is 0 Å². The Morgan fingerprint density at radius 1 is 1.88 bits per heavy atom. The Hall–Kier alpha value is -0.900. The number of nitrogens with one attached hydrogen (secondary N) is 1. The summed E-state index contributed by atoms with van der Waals surface area (Å²) in [5, 5.41) is 13.7. The molecule has 0 spiro atoms. The molecule has 0 bridgehead atoms. The van der Waals surface area contributed by atoms with E-state index in [1.807, 2.05) is 0 Å². The lowest BCUT2D eigenvalue weighted by Gasteiger charge is -1.84. The molecule has 0 atom stereocenters. The molecule has 4 heteroatoms. The van der Waals surface area contributed by atoms with Crippen LogP contribution in [0.4, 0.5) is 0 Å². The second kappa shape index (κ2) is 2.42. The van der Waals surface area contributed by atoms with E-state index in [2.05, 4.69) is 20.7 Å². The maximum atomic E-state index is 3.86. The van der Waals surface area contributed by atoms with Gasteiger partial charge in [0.1, 0.15) is 0 Å². The number of H-pyrrole nitrogens is 1. The van der Waals surface area contributed by atoms with Crippen molar-refractivity contribution in [2.24, 2.45) is 0 Å². The Labute approximate surface area is 47.3 Å². The van der Waals surface area contributed by atoms with Gasteiger partial charge in [0.25, 0.3) is 0 Å². The Morgan fingerprint density at radius 2 is 2.75 bits per heavy atom. The minimum Gasteiger partial charge on any atom is -0.265 e. The molecule has 0 aliphatic rings. The van der Waals surface area contributed by atoms with Gasteiger partial charge in [-0.1, -0.05) is 5.21 Å². The van der Waals surface area contributed by atoms with Gasteiger partial charge in [0.15, 0.2) is 0 Å². The highest BCUT2D eigenvalue weighted by atomic mass is 15.3. The summed E-state index contributed by atoms with van der Waals surface area (Å²) in [6, 6.07) is 0. The lowest BCUT2D eigenvalue weighted by molar-refractivity contribution is 0.766. The molecule has 0 aliphatic heterocycles. The first-order valence-electron chi connectivity index (χ1n) is 2.34. The lowest BCUT2D eigenvalue weighted by atomic mass is 10.5. The molecule has 4 nitrogen and oxygen atoms in total. The molecule has 0 saturated carbocycles. The first-order chi connectivity index (χ1) is 3.93. The lowest BCUT2D eigenvalue weighted by Crippen LogP contribution is -1.96. The van der Waals surface area contributed by atoms with Crippen LogP contribution in [0.25, 0.3) is 0 Å². The third-order valence-corrected chi connectivity index (χ3v) is 0.787. The number of rotatable bonds is 2. The predicted molar refractivity (Wildman–Crippen MR) is 28.1 cm³/mol. The Morgan fingerprint density at radius 3 is 3.25 bits per heavy atom. The molecule has 1 aromatic rings. The van der Waals surface area contributed by atoms with Gasteiger partial charge in [-0.2, -0.15) is 0 Å². The number of aromatic amines is 1. The van der Waals surface area contributed by atoms with Gasteiger partial charge in [0.2, 0.25) is 0 Å². The fraction of sp³-hybridized carbons (Fsp3) is 0.500. The molecule has 1 aromatic heterocycles. The summed E-state index contributed by atoms with van der Waals surface area (Å²) in [5.41, 5.74) is 0.882. The molecular weight excluding hydrogens is 104 g/mol. The molecule has 0 saturated heterocycles. The Kier molecular flexibility index (Phi) is 1.58. The van der Waals surface area contributed by atoms with E-state index in [0.29, 0.717) is 6.54 Å². The summed E-state index contributed by atoms with van der Waals surface area (Å²) in [6.45, 7) is 0.649. The zero-order chi connectivity index (χ0) is 5.82. The maximum absolute atomic E-state index is 3.86. The number of nitrogens with zero attached hydrogens (tertiary/aromatic N) is 3. The molecule has 1 rings (SSSR count). The molecule has 0 unspecified atom stereocenters. The highest BCUT2D eigenvalue weighted by molar-refractivity contribution is 4.88. The summed E-state index contributed by atoms with van der Waals surface area (Å²) < 4.78 is 0. The van der Waals surface area contributed by atoms with Gasteiger partial charge in [0.05, 0.1) is 12.2 Å². The average Bonchev–Trinajstić information content (AvgIpc) is 2.19. The molecular formula is C4H7N4. The van der Waals surface area contributed by atoms with Crippen LogP contribution >= 0.6 is 0 Å². The zero-order valence-electron chi connectivity index (χ0n) is 4.63. The van der Waals surface area contributed by atoms with Crippen molar-refractivity contribution in [3.05, 3.63) is 11.9 Å². The van der Waals surface area contributed by atoms with Gasteiger partial charge in [-0.05, 0) is 0 Å². The first kappa shape index (κ1) is 5.24. The summed E-state index contributed by atoms with van der Waals surface area (Å²) in [6.07, 6.45) is 1.73. The fourth-order valence-corrected chi connectivity index (χ4v) is 0.465. The molecule has 1 N–H and O–H groups in total. The van der Waals surface area contributed by atoms with Crippen LogP contribution in [0.3, 0.4) is 0 Å².